The van der Waals surface area contributed by atoms with Gasteiger partial charge in [0.1, 0.15) is 0 Å². The molecule has 2 N–H and O–H groups in total. The first-order valence-electron chi connectivity index (χ1n) is 9.06. The van der Waals surface area contributed by atoms with Crippen LogP contribution in [0.5, 0.6) is 0 Å². The number of hydrogen-bond donors (Lipinski definition) is 2. The highest BCUT2D eigenvalue weighted by Gasteiger charge is 2.18. The Hall–Kier alpha value is -1.68. The van der Waals surface area contributed by atoms with Gasteiger partial charge in [0.25, 0.3) is 0 Å². The van der Waals surface area contributed by atoms with E-state index in [2.05, 4.69) is 6.92 Å². The van der Waals surface area contributed by atoms with E-state index in [1.807, 2.05) is 18.2 Å². The Kier molecular flexibility index (Phi) is 10.0. The third-order valence-corrected chi connectivity index (χ3v) is 4.16. The van der Waals surface area contributed by atoms with Crippen LogP contribution in [0.25, 0.3) is 0 Å². The van der Waals surface area contributed by atoms with Crippen LogP contribution in [0, 0.1) is 0 Å². The number of Topliss-reactive ketones (excluding diaryl/α,β-unsaturated/α-hetero) is 1. The van der Waals surface area contributed by atoms with E-state index in [0.717, 1.165) is 56.1 Å². The van der Waals surface area contributed by atoms with E-state index in [1.165, 1.54) is 0 Å². The first-order valence-corrected chi connectivity index (χ1v) is 9.06. The molecule has 0 unspecified atom stereocenters. The summed E-state index contributed by atoms with van der Waals surface area (Å²) in [4.78, 5) is 22.4. The number of rotatable bonds is 12. The Morgan fingerprint density at radius 2 is 2.04 bits per heavy atom. The molecule has 0 aromatic carbocycles. The van der Waals surface area contributed by atoms with Gasteiger partial charge in [0.15, 0.2) is 5.78 Å². The van der Waals surface area contributed by atoms with Crippen molar-refractivity contribution in [1.82, 2.24) is 0 Å². The van der Waals surface area contributed by atoms with Crippen LogP contribution in [0.4, 0.5) is 0 Å². The summed E-state index contributed by atoms with van der Waals surface area (Å²) >= 11 is 0. The van der Waals surface area contributed by atoms with Crippen molar-refractivity contribution in [2.75, 3.05) is 0 Å². The zero-order valence-corrected chi connectivity index (χ0v) is 14.7. The van der Waals surface area contributed by atoms with E-state index in [9.17, 15) is 14.7 Å². The number of hydrogen-bond acceptors (Lipinski definition) is 3. The van der Waals surface area contributed by atoms with Crippen LogP contribution in [-0.2, 0) is 9.59 Å². The standard InChI is InChI=1S/C20H30O4/c1-2-3-6-9-17(21)14-12-16-13-15-19(22)18(16)10-7-4-5-8-11-20(23)24/h10,12-14,17,21H,2-9,11,15H2,1H3,(H,23,24)/t17-/m0/s1. The number of carbonyl (C=O) groups excluding carboxylic acids is 1. The van der Waals surface area contributed by atoms with Crippen molar-refractivity contribution in [3.05, 3.63) is 35.5 Å². The number of carboxylic acids is 1. The van der Waals surface area contributed by atoms with Gasteiger partial charge in [0.2, 0.25) is 0 Å². The van der Waals surface area contributed by atoms with Crippen molar-refractivity contribution in [2.24, 2.45) is 0 Å². The predicted octanol–water partition coefficient (Wildman–Crippen LogP) is 4.34. The molecule has 4 heteroatoms. The van der Waals surface area contributed by atoms with Crippen LogP contribution >= 0.6 is 0 Å². The van der Waals surface area contributed by atoms with Crippen molar-refractivity contribution in [1.29, 1.82) is 0 Å². The van der Waals surface area contributed by atoms with Crippen molar-refractivity contribution in [2.45, 2.75) is 77.2 Å². The lowest BCUT2D eigenvalue weighted by Crippen LogP contribution is -2.02. The Labute approximate surface area is 145 Å². The van der Waals surface area contributed by atoms with Crippen molar-refractivity contribution >= 4 is 11.8 Å². The number of allylic oxidation sites excluding steroid dienone is 5. The molecule has 0 aliphatic heterocycles. The number of aliphatic hydroxyl groups excluding tert-OH is 1. The van der Waals surface area contributed by atoms with Gasteiger partial charge < -0.3 is 10.2 Å². The lowest BCUT2D eigenvalue weighted by atomic mass is 10.0. The molecule has 134 valence electrons. The quantitative estimate of drug-likeness (QED) is 0.411. The second-order valence-electron chi connectivity index (χ2n) is 6.32. The van der Waals surface area contributed by atoms with Crippen molar-refractivity contribution in [3.8, 4) is 0 Å². The van der Waals surface area contributed by atoms with Gasteiger partial charge in [0, 0.05) is 18.4 Å². The van der Waals surface area contributed by atoms with E-state index < -0.39 is 12.1 Å². The second kappa shape index (κ2) is 11.8. The van der Waals surface area contributed by atoms with Crippen LogP contribution in [0.1, 0.15) is 71.1 Å². The molecule has 1 aliphatic carbocycles. The molecular formula is C20H30O4. The lowest BCUT2D eigenvalue weighted by Gasteiger charge is -2.05. The van der Waals surface area contributed by atoms with Crippen LogP contribution in [0.15, 0.2) is 35.5 Å². The van der Waals surface area contributed by atoms with Crippen LogP contribution in [0.3, 0.4) is 0 Å². The molecule has 1 rings (SSSR count). The van der Waals surface area contributed by atoms with E-state index in [-0.39, 0.29) is 12.2 Å². The second-order valence-corrected chi connectivity index (χ2v) is 6.32. The molecule has 0 saturated heterocycles. The smallest absolute Gasteiger partial charge is 0.303 e. The maximum Gasteiger partial charge on any atom is 0.303 e. The first-order chi connectivity index (χ1) is 11.5. The van der Waals surface area contributed by atoms with Crippen LogP contribution in [0.2, 0.25) is 0 Å². The molecule has 0 fully saturated rings. The number of unbranched alkanes of at least 4 members (excludes halogenated alkanes) is 5. The molecule has 1 atom stereocenters. The minimum atomic E-state index is -0.757. The summed E-state index contributed by atoms with van der Waals surface area (Å²) in [6.07, 6.45) is 14.9. The van der Waals surface area contributed by atoms with Gasteiger partial charge in [-0.05, 0) is 31.3 Å². The highest BCUT2D eigenvalue weighted by molar-refractivity contribution is 6.04. The Bertz CT molecular complexity index is 500. The zero-order valence-electron chi connectivity index (χ0n) is 14.7. The molecule has 0 aromatic rings. The van der Waals surface area contributed by atoms with Crippen molar-refractivity contribution < 1.29 is 19.8 Å². The maximum absolute atomic E-state index is 12.0. The minimum absolute atomic E-state index is 0.126. The number of aliphatic carboxylic acids is 1. The highest BCUT2D eigenvalue weighted by Crippen LogP contribution is 2.24. The largest absolute Gasteiger partial charge is 0.481 e. The van der Waals surface area contributed by atoms with Gasteiger partial charge in [0.05, 0.1) is 6.10 Å². The van der Waals surface area contributed by atoms with E-state index in [1.54, 1.807) is 6.08 Å². The van der Waals surface area contributed by atoms with Gasteiger partial charge in [-0.2, -0.15) is 0 Å². The molecule has 0 aromatic heterocycles. The Morgan fingerprint density at radius 3 is 2.75 bits per heavy atom. The van der Waals surface area contributed by atoms with E-state index in [0.29, 0.717) is 12.8 Å². The molecule has 0 amide bonds. The summed E-state index contributed by atoms with van der Waals surface area (Å²) in [5.41, 5.74) is 1.64. The van der Waals surface area contributed by atoms with Gasteiger partial charge >= 0.3 is 5.97 Å². The number of carboxylic acid groups (broad SMARTS) is 1. The molecule has 0 radical (unpaired) electrons. The molecule has 0 heterocycles. The molecule has 0 saturated carbocycles. The van der Waals surface area contributed by atoms with Gasteiger partial charge in [-0.25, -0.2) is 0 Å². The van der Waals surface area contributed by atoms with E-state index >= 15 is 0 Å². The summed E-state index contributed by atoms with van der Waals surface area (Å²) in [5.74, 6) is -0.632. The summed E-state index contributed by atoms with van der Waals surface area (Å²) in [5, 5.41) is 18.5. The average Bonchev–Trinajstić information content (AvgIpc) is 2.89. The molecular weight excluding hydrogens is 304 g/mol. The number of ketones is 1. The topological polar surface area (TPSA) is 74.6 Å². The molecule has 0 spiro atoms. The third kappa shape index (κ3) is 8.25. The fourth-order valence-corrected chi connectivity index (χ4v) is 2.73. The monoisotopic (exact) mass is 334 g/mol. The SMILES string of the molecule is CCCCC[C@H](O)C=CC1=CCC(=O)C1=CCCCCCC(=O)O. The molecule has 24 heavy (non-hydrogen) atoms. The van der Waals surface area contributed by atoms with Gasteiger partial charge in [-0.1, -0.05) is 56.9 Å². The van der Waals surface area contributed by atoms with Crippen LogP contribution in [-0.4, -0.2) is 28.1 Å². The zero-order chi connectivity index (χ0) is 17.8. The predicted molar refractivity (Wildman–Crippen MR) is 95.8 cm³/mol. The Balaban J connectivity index is 2.42. The summed E-state index contributed by atoms with van der Waals surface area (Å²) < 4.78 is 0. The Morgan fingerprint density at radius 1 is 1.25 bits per heavy atom. The summed E-state index contributed by atoms with van der Waals surface area (Å²) in [6.45, 7) is 2.13. The minimum Gasteiger partial charge on any atom is -0.481 e. The van der Waals surface area contributed by atoms with Gasteiger partial charge in [-0.3, -0.25) is 9.59 Å². The third-order valence-electron chi connectivity index (χ3n) is 4.16. The molecule has 4 nitrogen and oxygen atoms in total. The average molecular weight is 334 g/mol. The highest BCUT2D eigenvalue weighted by atomic mass is 16.4. The lowest BCUT2D eigenvalue weighted by molar-refractivity contribution is -0.137. The van der Waals surface area contributed by atoms with Crippen molar-refractivity contribution in [3.63, 3.8) is 0 Å². The maximum atomic E-state index is 12.0. The van der Waals surface area contributed by atoms with E-state index in [4.69, 9.17) is 5.11 Å². The van der Waals surface area contributed by atoms with Gasteiger partial charge in [-0.15, -0.1) is 0 Å². The summed E-state index contributed by atoms with van der Waals surface area (Å²) in [6, 6.07) is 0. The summed E-state index contributed by atoms with van der Waals surface area (Å²) in [7, 11) is 0. The fraction of sp³-hybridized carbons (Fsp3) is 0.600. The first kappa shape index (κ1) is 20.4. The normalized spacial score (nSPS) is 17.7. The molecule has 1 aliphatic rings. The number of aliphatic hydroxyl groups is 1. The van der Waals surface area contributed by atoms with Crippen LogP contribution < -0.4 is 0 Å². The molecule has 0 bridgehead atoms. The number of carbonyl (C=O) groups is 2. The fourth-order valence-electron chi connectivity index (χ4n) is 2.73.